The molecule has 0 fully saturated rings. The first-order valence-corrected chi connectivity index (χ1v) is 13.0. The van der Waals surface area contributed by atoms with E-state index < -0.39 is 0 Å². The number of rotatable bonds is 12. The number of carbonyl (C=O) groups excluding carboxylic acids is 2. The summed E-state index contributed by atoms with van der Waals surface area (Å²) in [5, 5.41) is 3.12. The van der Waals surface area contributed by atoms with Crippen LogP contribution in [0.25, 0.3) is 0 Å². The largest absolute Gasteiger partial charge is 0.489 e. The third kappa shape index (κ3) is 7.81. The molecule has 0 bridgehead atoms. The number of nitrogens with one attached hydrogen (secondary N) is 1. The number of hydrogen-bond donors (Lipinski definition) is 1. The van der Waals surface area contributed by atoms with Crippen LogP contribution in [0.4, 0.5) is 5.69 Å². The average molecular weight is 486 g/mol. The van der Waals surface area contributed by atoms with Crippen LogP contribution in [0.1, 0.15) is 92.8 Å². The first kappa shape index (κ1) is 27.2. The van der Waals surface area contributed by atoms with Gasteiger partial charge in [-0.05, 0) is 46.6 Å². The van der Waals surface area contributed by atoms with E-state index in [9.17, 15) is 9.59 Å². The van der Waals surface area contributed by atoms with Gasteiger partial charge in [0.1, 0.15) is 18.6 Å². The number of hydrogen-bond acceptors (Lipinski definition) is 3. The first-order valence-electron chi connectivity index (χ1n) is 13.0. The Hall–Kier alpha value is -3.40. The van der Waals surface area contributed by atoms with Gasteiger partial charge in [0.2, 0.25) is 5.91 Å². The molecule has 0 aromatic heterocycles. The van der Waals surface area contributed by atoms with Gasteiger partial charge in [0, 0.05) is 17.7 Å². The molecule has 3 aromatic carbocycles. The maximum absolute atomic E-state index is 13.4. The van der Waals surface area contributed by atoms with E-state index in [4.69, 9.17) is 4.74 Å². The van der Waals surface area contributed by atoms with Crippen molar-refractivity contribution in [2.24, 2.45) is 0 Å². The molecule has 190 valence electrons. The molecule has 1 amide bonds. The fourth-order valence-electron chi connectivity index (χ4n) is 4.51. The van der Waals surface area contributed by atoms with Crippen LogP contribution in [0.5, 0.6) is 5.75 Å². The normalized spacial score (nSPS) is 12.1. The van der Waals surface area contributed by atoms with Crippen LogP contribution in [0.2, 0.25) is 0 Å². The Morgan fingerprint density at radius 3 is 2.39 bits per heavy atom. The number of amides is 1. The zero-order valence-electron chi connectivity index (χ0n) is 22.1. The van der Waals surface area contributed by atoms with E-state index in [1.165, 1.54) is 0 Å². The van der Waals surface area contributed by atoms with Crippen molar-refractivity contribution >= 4 is 17.9 Å². The Kier molecular flexibility index (Phi) is 9.86. The van der Waals surface area contributed by atoms with Crippen LogP contribution in [-0.4, -0.2) is 12.2 Å². The summed E-state index contributed by atoms with van der Waals surface area (Å²) in [6, 6.07) is 23.7. The second-order valence-corrected chi connectivity index (χ2v) is 10.4. The number of para-hydroxylation sites is 1. The van der Waals surface area contributed by atoms with Crippen LogP contribution < -0.4 is 10.1 Å². The van der Waals surface area contributed by atoms with Crippen molar-refractivity contribution in [1.29, 1.82) is 0 Å². The molecule has 1 unspecified atom stereocenters. The van der Waals surface area contributed by atoms with E-state index in [0.29, 0.717) is 24.3 Å². The second-order valence-electron chi connectivity index (χ2n) is 10.4. The van der Waals surface area contributed by atoms with Gasteiger partial charge in [-0.2, -0.15) is 0 Å². The van der Waals surface area contributed by atoms with Gasteiger partial charge >= 0.3 is 0 Å². The van der Waals surface area contributed by atoms with Crippen molar-refractivity contribution in [2.75, 3.05) is 5.32 Å². The van der Waals surface area contributed by atoms with Crippen molar-refractivity contribution < 1.29 is 14.3 Å². The molecule has 0 heterocycles. The van der Waals surface area contributed by atoms with Gasteiger partial charge in [-0.25, -0.2) is 0 Å². The molecular weight excluding hydrogens is 446 g/mol. The van der Waals surface area contributed by atoms with Crippen LogP contribution in [0, 0.1) is 0 Å². The zero-order chi connectivity index (χ0) is 26.0. The highest BCUT2D eigenvalue weighted by Gasteiger charge is 2.23. The molecule has 0 saturated carbocycles. The minimum absolute atomic E-state index is 0.0378. The third-order valence-electron chi connectivity index (χ3n) is 6.45. The second kappa shape index (κ2) is 13.1. The van der Waals surface area contributed by atoms with Gasteiger partial charge in [-0.3, -0.25) is 9.59 Å². The minimum Gasteiger partial charge on any atom is -0.489 e. The monoisotopic (exact) mass is 485 g/mol. The molecule has 0 spiro atoms. The standard InChI is InChI=1S/C32H39NO3/c1-5-6-8-15-26(27-16-11-12-17-30(27)36-23-24-13-9-7-10-14-24)21-31(35)33-29-20-25(22-34)18-19-28(29)32(2,3)4/h7,9-14,16-20,22,26H,5-6,8,15,21,23H2,1-4H3,(H,33,35). The highest BCUT2D eigenvalue weighted by molar-refractivity contribution is 5.93. The zero-order valence-corrected chi connectivity index (χ0v) is 22.1. The molecule has 0 radical (unpaired) electrons. The van der Waals surface area contributed by atoms with Gasteiger partial charge in [-0.1, -0.05) is 108 Å². The van der Waals surface area contributed by atoms with Gasteiger partial charge in [0.15, 0.2) is 0 Å². The maximum atomic E-state index is 13.4. The lowest BCUT2D eigenvalue weighted by atomic mass is 9.85. The highest BCUT2D eigenvalue weighted by atomic mass is 16.5. The number of benzene rings is 3. The molecule has 0 aliphatic carbocycles. The van der Waals surface area contributed by atoms with E-state index in [-0.39, 0.29) is 17.2 Å². The number of ether oxygens (including phenoxy) is 1. The van der Waals surface area contributed by atoms with Crippen molar-refractivity contribution in [1.82, 2.24) is 0 Å². The van der Waals surface area contributed by atoms with E-state index in [1.807, 2.05) is 42.5 Å². The Morgan fingerprint density at radius 1 is 0.972 bits per heavy atom. The van der Waals surface area contributed by atoms with Gasteiger partial charge in [0.25, 0.3) is 0 Å². The Morgan fingerprint density at radius 2 is 1.69 bits per heavy atom. The molecule has 36 heavy (non-hydrogen) atoms. The highest BCUT2D eigenvalue weighted by Crippen LogP contribution is 2.35. The minimum atomic E-state index is -0.164. The lowest BCUT2D eigenvalue weighted by Crippen LogP contribution is -2.21. The fourth-order valence-corrected chi connectivity index (χ4v) is 4.51. The molecule has 1 N–H and O–H groups in total. The number of aldehydes is 1. The van der Waals surface area contributed by atoms with Gasteiger partial charge in [-0.15, -0.1) is 0 Å². The number of carbonyl (C=O) groups is 2. The Labute approximate surface area is 216 Å². The summed E-state index contributed by atoms with van der Waals surface area (Å²) in [4.78, 5) is 24.7. The average Bonchev–Trinajstić information content (AvgIpc) is 2.87. The molecule has 1 atom stereocenters. The van der Waals surface area contributed by atoms with E-state index >= 15 is 0 Å². The molecule has 0 aliphatic heterocycles. The van der Waals surface area contributed by atoms with Gasteiger partial charge < -0.3 is 10.1 Å². The summed E-state index contributed by atoms with van der Waals surface area (Å²) in [7, 11) is 0. The summed E-state index contributed by atoms with van der Waals surface area (Å²) >= 11 is 0. The predicted octanol–water partition coefficient (Wildman–Crippen LogP) is 8.07. The number of unbranched alkanes of at least 4 members (excludes halogenated alkanes) is 2. The van der Waals surface area contributed by atoms with Crippen LogP contribution in [0.15, 0.2) is 72.8 Å². The van der Waals surface area contributed by atoms with E-state index in [2.05, 4.69) is 51.2 Å². The smallest absolute Gasteiger partial charge is 0.224 e. The van der Waals surface area contributed by atoms with Crippen molar-refractivity contribution in [3.05, 3.63) is 95.1 Å². The lowest BCUT2D eigenvalue weighted by Gasteiger charge is -2.24. The quantitative estimate of drug-likeness (QED) is 0.208. The summed E-state index contributed by atoms with van der Waals surface area (Å²) in [5.74, 6) is 0.813. The number of anilines is 1. The summed E-state index contributed by atoms with van der Waals surface area (Å²) in [5.41, 5.74) is 4.28. The summed E-state index contributed by atoms with van der Waals surface area (Å²) in [6.07, 6.45) is 5.38. The molecule has 4 nitrogen and oxygen atoms in total. The van der Waals surface area contributed by atoms with Crippen molar-refractivity contribution in [3.63, 3.8) is 0 Å². The topological polar surface area (TPSA) is 55.4 Å². The molecule has 0 saturated heterocycles. The van der Waals surface area contributed by atoms with Crippen molar-refractivity contribution in [3.8, 4) is 5.75 Å². The summed E-state index contributed by atoms with van der Waals surface area (Å²) < 4.78 is 6.23. The van der Waals surface area contributed by atoms with Gasteiger partial charge in [0.05, 0.1) is 0 Å². The molecular formula is C32H39NO3. The van der Waals surface area contributed by atoms with Crippen molar-refractivity contribution in [2.45, 2.75) is 77.7 Å². The summed E-state index contributed by atoms with van der Waals surface area (Å²) in [6.45, 7) is 8.98. The van der Waals surface area contributed by atoms with Crippen LogP contribution >= 0.6 is 0 Å². The van der Waals surface area contributed by atoms with E-state index in [0.717, 1.165) is 54.4 Å². The first-order chi connectivity index (χ1) is 17.3. The molecule has 0 aliphatic rings. The third-order valence-corrected chi connectivity index (χ3v) is 6.45. The molecule has 3 aromatic rings. The Bertz CT molecular complexity index is 1130. The molecule has 4 heteroatoms. The predicted molar refractivity (Wildman–Crippen MR) is 148 cm³/mol. The van der Waals surface area contributed by atoms with Crippen LogP contribution in [0.3, 0.4) is 0 Å². The SMILES string of the molecule is CCCCCC(CC(=O)Nc1cc(C=O)ccc1C(C)(C)C)c1ccccc1OCc1ccccc1. The Balaban J connectivity index is 1.82. The van der Waals surface area contributed by atoms with E-state index in [1.54, 1.807) is 12.1 Å². The van der Waals surface area contributed by atoms with Crippen LogP contribution in [-0.2, 0) is 16.8 Å². The maximum Gasteiger partial charge on any atom is 0.224 e. The lowest BCUT2D eigenvalue weighted by molar-refractivity contribution is -0.116. The fraction of sp³-hybridized carbons (Fsp3) is 0.375. The molecule has 3 rings (SSSR count).